The molecule has 0 aliphatic heterocycles. The third kappa shape index (κ3) is 3.88. The zero-order valence-electron chi connectivity index (χ0n) is 14.5. The molecule has 0 N–H and O–H groups in total. The van der Waals surface area contributed by atoms with E-state index in [0.29, 0.717) is 18.1 Å². The summed E-state index contributed by atoms with van der Waals surface area (Å²) in [7, 11) is 3.61. The molecule has 0 saturated heterocycles. The summed E-state index contributed by atoms with van der Waals surface area (Å²) in [6.45, 7) is -0.211. The lowest BCUT2D eigenvalue weighted by Crippen LogP contribution is -2.21. The van der Waals surface area contributed by atoms with Crippen LogP contribution in [0.5, 0.6) is 5.88 Å². The van der Waals surface area contributed by atoms with E-state index in [1.54, 1.807) is 46.0 Å². The lowest BCUT2D eigenvalue weighted by atomic mass is 10.2. The van der Waals surface area contributed by atoms with Gasteiger partial charge in [0.25, 0.3) is 0 Å². The van der Waals surface area contributed by atoms with Crippen LogP contribution >= 0.6 is 0 Å². The summed E-state index contributed by atoms with van der Waals surface area (Å²) >= 11 is 0. The summed E-state index contributed by atoms with van der Waals surface area (Å²) in [5.41, 5.74) is 3.09. The minimum Gasteiger partial charge on any atom is -0.475 e. The maximum absolute atomic E-state index is 12.1. The van der Waals surface area contributed by atoms with E-state index in [1.165, 1.54) is 0 Å². The van der Waals surface area contributed by atoms with Crippen molar-refractivity contribution in [2.45, 2.75) is 6.54 Å². The van der Waals surface area contributed by atoms with Crippen molar-refractivity contribution in [3.8, 4) is 17.1 Å². The second kappa shape index (κ2) is 7.77. The van der Waals surface area contributed by atoms with Gasteiger partial charge in [0, 0.05) is 38.1 Å². The fraction of sp³-hybridized carbons (Fsp3) is 0.294. The zero-order valence-corrected chi connectivity index (χ0v) is 14.5. The van der Waals surface area contributed by atoms with Crippen molar-refractivity contribution < 1.29 is 13.9 Å². The first-order valence-electron chi connectivity index (χ1n) is 7.99. The topological polar surface area (TPSA) is 78.1 Å². The van der Waals surface area contributed by atoms with E-state index >= 15 is 0 Å². The average Bonchev–Trinajstić information content (AvgIpc) is 3.24. The molecule has 0 bridgehead atoms. The molecule has 1 amide bonds. The first-order chi connectivity index (χ1) is 12.6. The first kappa shape index (κ1) is 17.6. The Labute approximate surface area is 149 Å². The molecule has 0 aliphatic carbocycles. The second-order valence-corrected chi connectivity index (χ2v) is 5.67. The Morgan fingerprint density at radius 3 is 2.77 bits per heavy atom. The molecule has 0 aromatic carbocycles. The van der Waals surface area contributed by atoms with Gasteiger partial charge in [-0.25, -0.2) is 9.37 Å². The number of carbonyl (C=O) groups excluding carboxylic acids is 1. The highest BCUT2D eigenvalue weighted by atomic mass is 19.1. The number of rotatable bonds is 8. The highest BCUT2D eigenvalue weighted by Crippen LogP contribution is 2.22. The molecule has 8 nitrogen and oxygen atoms in total. The van der Waals surface area contributed by atoms with Crippen LogP contribution in [0.2, 0.25) is 0 Å². The number of ether oxygens (including phenoxy) is 1. The molecule has 0 atom stereocenters. The van der Waals surface area contributed by atoms with Crippen molar-refractivity contribution in [3.63, 3.8) is 0 Å². The van der Waals surface area contributed by atoms with Crippen molar-refractivity contribution in [3.05, 3.63) is 42.5 Å². The van der Waals surface area contributed by atoms with Crippen molar-refractivity contribution in [2.24, 2.45) is 14.1 Å². The molecule has 0 spiro atoms. The van der Waals surface area contributed by atoms with Crippen LogP contribution in [0.3, 0.4) is 0 Å². The minimum atomic E-state index is -0.558. The smallest absolute Gasteiger partial charge is 0.214 e. The van der Waals surface area contributed by atoms with E-state index in [-0.39, 0.29) is 6.61 Å². The van der Waals surface area contributed by atoms with Gasteiger partial charge in [-0.05, 0) is 12.1 Å². The predicted octanol–water partition coefficient (Wildman–Crippen LogP) is 1.73. The van der Waals surface area contributed by atoms with Gasteiger partial charge in [0.1, 0.15) is 13.3 Å². The molecular formula is C17H19FN6O2. The van der Waals surface area contributed by atoms with Crippen LogP contribution in [0.1, 0.15) is 5.69 Å². The summed E-state index contributed by atoms with van der Waals surface area (Å²) < 4.78 is 20.6. The standard InChI is InChI=1S/C17H19FN6O2/c1-22-10-15(9-20-22)24(12-25)11-14-7-16(21-23(14)2)13-3-4-17(19-8-13)26-6-5-18/h3-4,7-10,12H,5-6,11H2,1-2H3. The zero-order chi connectivity index (χ0) is 18.5. The Kier molecular flexibility index (Phi) is 5.26. The summed E-state index contributed by atoms with van der Waals surface area (Å²) in [4.78, 5) is 17.1. The SMILES string of the molecule is Cn1cc(N(C=O)Cc2cc(-c3ccc(OCCF)nc3)nn2C)cn1. The minimum absolute atomic E-state index is 0.0179. The predicted molar refractivity (Wildman–Crippen MR) is 93.4 cm³/mol. The maximum atomic E-state index is 12.1. The number of pyridine rings is 1. The first-order valence-corrected chi connectivity index (χ1v) is 7.99. The lowest BCUT2D eigenvalue weighted by molar-refractivity contribution is -0.107. The van der Waals surface area contributed by atoms with Gasteiger partial charge in [-0.3, -0.25) is 14.2 Å². The number of anilines is 1. The third-order valence-corrected chi connectivity index (χ3v) is 3.82. The highest BCUT2D eigenvalue weighted by molar-refractivity contribution is 5.74. The molecule has 0 unspecified atom stereocenters. The van der Waals surface area contributed by atoms with Crippen LogP contribution in [0.4, 0.5) is 10.1 Å². The molecule has 0 aliphatic rings. The fourth-order valence-electron chi connectivity index (χ4n) is 2.48. The monoisotopic (exact) mass is 358 g/mol. The van der Waals surface area contributed by atoms with Crippen LogP contribution in [0.25, 0.3) is 11.3 Å². The van der Waals surface area contributed by atoms with Crippen LogP contribution in [-0.4, -0.2) is 44.2 Å². The number of amides is 1. The summed E-state index contributed by atoms with van der Waals surface area (Å²) in [6, 6.07) is 5.38. The molecule has 0 saturated carbocycles. The molecule has 136 valence electrons. The number of hydrogen-bond acceptors (Lipinski definition) is 5. The Hall–Kier alpha value is -3.23. The number of aryl methyl sites for hydroxylation is 2. The molecule has 26 heavy (non-hydrogen) atoms. The van der Waals surface area contributed by atoms with E-state index in [1.807, 2.05) is 19.2 Å². The van der Waals surface area contributed by atoms with Gasteiger partial charge >= 0.3 is 0 Å². The van der Waals surface area contributed by atoms with Gasteiger partial charge in [-0.15, -0.1) is 0 Å². The van der Waals surface area contributed by atoms with Gasteiger partial charge < -0.3 is 9.64 Å². The Morgan fingerprint density at radius 2 is 2.15 bits per heavy atom. The van der Waals surface area contributed by atoms with Gasteiger partial charge in [0.05, 0.1) is 29.8 Å². The molecule has 3 heterocycles. The van der Waals surface area contributed by atoms with E-state index in [0.717, 1.165) is 23.4 Å². The van der Waals surface area contributed by atoms with Crippen molar-refractivity contribution in [2.75, 3.05) is 18.2 Å². The Balaban J connectivity index is 1.77. The van der Waals surface area contributed by atoms with E-state index in [9.17, 15) is 9.18 Å². The molecule has 3 aromatic heterocycles. The summed E-state index contributed by atoms with van der Waals surface area (Å²) in [5, 5.41) is 8.55. The lowest BCUT2D eigenvalue weighted by Gasteiger charge is -2.14. The van der Waals surface area contributed by atoms with Gasteiger partial charge in [0.2, 0.25) is 12.3 Å². The number of nitrogens with zero attached hydrogens (tertiary/aromatic N) is 6. The van der Waals surface area contributed by atoms with Gasteiger partial charge in [0.15, 0.2) is 0 Å². The van der Waals surface area contributed by atoms with Gasteiger partial charge in [-0.1, -0.05) is 0 Å². The molecule has 9 heteroatoms. The normalized spacial score (nSPS) is 10.7. The highest BCUT2D eigenvalue weighted by Gasteiger charge is 2.13. The van der Waals surface area contributed by atoms with Crippen molar-refractivity contribution in [1.82, 2.24) is 24.5 Å². The molecule has 0 fully saturated rings. The molecule has 3 rings (SSSR count). The van der Waals surface area contributed by atoms with Crippen molar-refractivity contribution in [1.29, 1.82) is 0 Å². The van der Waals surface area contributed by atoms with Crippen molar-refractivity contribution >= 4 is 12.1 Å². The summed E-state index contributed by atoms with van der Waals surface area (Å²) in [5.74, 6) is 0.367. The second-order valence-electron chi connectivity index (χ2n) is 5.67. The van der Waals surface area contributed by atoms with E-state index < -0.39 is 6.67 Å². The largest absolute Gasteiger partial charge is 0.475 e. The number of aromatic nitrogens is 5. The maximum Gasteiger partial charge on any atom is 0.214 e. The number of halogens is 1. The molecular weight excluding hydrogens is 339 g/mol. The van der Waals surface area contributed by atoms with Crippen LogP contribution in [0.15, 0.2) is 36.8 Å². The number of alkyl halides is 1. The summed E-state index contributed by atoms with van der Waals surface area (Å²) in [6.07, 6.45) is 5.79. The van der Waals surface area contributed by atoms with E-state index in [4.69, 9.17) is 4.74 Å². The Morgan fingerprint density at radius 1 is 1.31 bits per heavy atom. The van der Waals surface area contributed by atoms with Crippen LogP contribution in [0, 0.1) is 0 Å². The van der Waals surface area contributed by atoms with Crippen LogP contribution < -0.4 is 9.64 Å². The quantitative estimate of drug-likeness (QED) is 0.573. The fourth-order valence-corrected chi connectivity index (χ4v) is 2.48. The molecule has 3 aromatic rings. The Bertz CT molecular complexity index is 874. The van der Waals surface area contributed by atoms with Gasteiger partial charge in [-0.2, -0.15) is 10.2 Å². The molecule has 0 radical (unpaired) electrons. The third-order valence-electron chi connectivity index (χ3n) is 3.82. The average molecular weight is 358 g/mol. The van der Waals surface area contributed by atoms with Crippen LogP contribution in [-0.2, 0) is 25.4 Å². The number of carbonyl (C=O) groups is 1. The van der Waals surface area contributed by atoms with E-state index in [2.05, 4.69) is 15.2 Å². The number of hydrogen-bond donors (Lipinski definition) is 0.